The van der Waals surface area contributed by atoms with Crippen LogP contribution in [-0.2, 0) is 11.8 Å². The molecule has 1 aliphatic carbocycles. The summed E-state index contributed by atoms with van der Waals surface area (Å²) in [4.78, 5) is 2.52. The molecule has 1 saturated heterocycles. The van der Waals surface area contributed by atoms with E-state index < -0.39 is 0 Å². The highest BCUT2D eigenvalue weighted by Gasteiger charge is 2.38. The molecule has 1 aromatic carbocycles. The van der Waals surface area contributed by atoms with Gasteiger partial charge in [0, 0.05) is 12.0 Å². The molecule has 0 bridgehead atoms. The van der Waals surface area contributed by atoms with E-state index in [1.165, 1.54) is 45.2 Å². The van der Waals surface area contributed by atoms with Gasteiger partial charge in [-0.1, -0.05) is 24.3 Å². The Morgan fingerprint density at radius 1 is 1.12 bits per heavy atom. The van der Waals surface area contributed by atoms with Crippen molar-refractivity contribution in [2.75, 3.05) is 20.1 Å². The quantitative estimate of drug-likeness (QED) is 0.643. The molecule has 0 amide bonds. The van der Waals surface area contributed by atoms with E-state index in [1.54, 1.807) is 11.1 Å². The van der Waals surface area contributed by atoms with Crippen LogP contribution in [0.3, 0.4) is 0 Å². The van der Waals surface area contributed by atoms with E-state index in [1.807, 2.05) is 0 Å². The average Bonchev–Trinajstić information content (AvgIpc) is 2.30. The number of likely N-dealkylation sites (N-methyl/N-ethyl adjacent to an activating group) is 1. The first-order valence-electron chi connectivity index (χ1n) is 6.57. The number of rotatable bonds is 0. The third-order valence-electron chi connectivity index (χ3n) is 4.46. The van der Waals surface area contributed by atoms with Crippen LogP contribution in [0.1, 0.15) is 36.8 Å². The largest absolute Gasteiger partial charge is 0.305 e. The number of likely N-dealkylation sites (tertiary alicyclic amines) is 1. The van der Waals surface area contributed by atoms with E-state index >= 15 is 0 Å². The Hall–Kier alpha value is -0.820. The second-order valence-electron chi connectivity index (χ2n) is 5.63. The van der Waals surface area contributed by atoms with E-state index in [9.17, 15) is 0 Å². The molecule has 1 fully saturated rings. The summed E-state index contributed by atoms with van der Waals surface area (Å²) >= 11 is 0. The first kappa shape index (κ1) is 10.3. The number of hydrogen-bond donors (Lipinski definition) is 0. The van der Waals surface area contributed by atoms with Crippen molar-refractivity contribution in [2.24, 2.45) is 0 Å². The van der Waals surface area contributed by atoms with Gasteiger partial charge in [0.1, 0.15) is 0 Å². The maximum absolute atomic E-state index is 2.52. The lowest BCUT2D eigenvalue weighted by Crippen LogP contribution is -2.46. The minimum Gasteiger partial charge on any atom is -0.305 e. The van der Waals surface area contributed by atoms with Crippen molar-refractivity contribution in [2.45, 2.75) is 37.5 Å². The fourth-order valence-electron chi connectivity index (χ4n) is 3.79. The molecule has 0 saturated carbocycles. The SMILES string of the molecule is CN1CCC[C@@]2(CCCc3ccccc32)C1. The highest BCUT2D eigenvalue weighted by atomic mass is 15.1. The zero-order chi connectivity index (χ0) is 11.0. The second-order valence-corrected chi connectivity index (χ2v) is 5.63. The van der Waals surface area contributed by atoms with Crippen LogP contribution < -0.4 is 0 Å². The molecule has 0 aromatic heterocycles. The van der Waals surface area contributed by atoms with Gasteiger partial charge in [0.05, 0.1) is 0 Å². The highest BCUT2D eigenvalue weighted by Crippen LogP contribution is 2.43. The number of hydrogen-bond acceptors (Lipinski definition) is 1. The molecule has 3 rings (SSSR count). The van der Waals surface area contributed by atoms with Crippen LogP contribution in [0.2, 0.25) is 0 Å². The summed E-state index contributed by atoms with van der Waals surface area (Å²) in [6.45, 7) is 2.55. The smallest absolute Gasteiger partial charge is 0.00835 e. The molecule has 0 radical (unpaired) electrons. The van der Waals surface area contributed by atoms with E-state index in [4.69, 9.17) is 0 Å². The number of aryl methyl sites for hydroxylation is 1. The van der Waals surface area contributed by atoms with Gasteiger partial charge in [0.15, 0.2) is 0 Å². The monoisotopic (exact) mass is 215 g/mol. The maximum Gasteiger partial charge on any atom is 0.00835 e. The molecule has 16 heavy (non-hydrogen) atoms. The second kappa shape index (κ2) is 3.89. The van der Waals surface area contributed by atoms with Crippen molar-refractivity contribution in [3.05, 3.63) is 35.4 Å². The summed E-state index contributed by atoms with van der Waals surface area (Å²) < 4.78 is 0. The lowest BCUT2D eigenvalue weighted by Gasteiger charge is -2.45. The van der Waals surface area contributed by atoms with E-state index in [0.29, 0.717) is 5.41 Å². The van der Waals surface area contributed by atoms with Gasteiger partial charge in [-0.15, -0.1) is 0 Å². The Morgan fingerprint density at radius 2 is 1.94 bits per heavy atom. The third kappa shape index (κ3) is 1.58. The number of nitrogens with zero attached hydrogens (tertiary/aromatic N) is 1. The summed E-state index contributed by atoms with van der Waals surface area (Å²) in [7, 11) is 2.28. The highest BCUT2D eigenvalue weighted by molar-refractivity contribution is 5.37. The van der Waals surface area contributed by atoms with E-state index in [2.05, 4.69) is 36.2 Å². The van der Waals surface area contributed by atoms with E-state index in [-0.39, 0.29) is 0 Å². The van der Waals surface area contributed by atoms with Gasteiger partial charge in [-0.25, -0.2) is 0 Å². The molecule has 1 heteroatoms. The zero-order valence-electron chi connectivity index (χ0n) is 10.2. The Labute approximate surface area is 98.5 Å². The van der Waals surface area contributed by atoms with Gasteiger partial charge >= 0.3 is 0 Å². The molecule has 1 aliphatic heterocycles. The lowest BCUT2D eigenvalue weighted by molar-refractivity contribution is 0.157. The zero-order valence-corrected chi connectivity index (χ0v) is 10.2. The number of benzene rings is 1. The van der Waals surface area contributed by atoms with Crippen molar-refractivity contribution in [3.63, 3.8) is 0 Å². The maximum atomic E-state index is 2.52. The van der Waals surface area contributed by atoms with Crippen LogP contribution in [0.25, 0.3) is 0 Å². The molecule has 0 N–H and O–H groups in total. The topological polar surface area (TPSA) is 3.24 Å². The molecule has 1 aromatic rings. The Morgan fingerprint density at radius 3 is 2.81 bits per heavy atom. The first-order chi connectivity index (χ1) is 7.80. The summed E-state index contributed by atoms with van der Waals surface area (Å²) in [6.07, 6.45) is 6.83. The molecule has 0 unspecified atom stereocenters. The van der Waals surface area contributed by atoms with Crippen LogP contribution >= 0.6 is 0 Å². The standard InChI is InChI=1S/C15H21N/c1-16-11-5-10-15(12-16)9-4-7-13-6-2-3-8-14(13)15/h2-3,6,8H,4-5,7,9-12H2,1H3/t15-/m0/s1. The number of fused-ring (bicyclic) bond motifs is 2. The van der Waals surface area contributed by atoms with Crippen molar-refractivity contribution < 1.29 is 0 Å². The van der Waals surface area contributed by atoms with Gasteiger partial charge < -0.3 is 4.90 Å². The fraction of sp³-hybridized carbons (Fsp3) is 0.600. The van der Waals surface area contributed by atoms with Gasteiger partial charge in [-0.3, -0.25) is 0 Å². The molecular weight excluding hydrogens is 194 g/mol. The van der Waals surface area contributed by atoms with Crippen molar-refractivity contribution in [3.8, 4) is 0 Å². The summed E-state index contributed by atoms with van der Waals surface area (Å²) in [6, 6.07) is 9.14. The van der Waals surface area contributed by atoms with Crippen molar-refractivity contribution >= 4 is 0 Å². The predicted molar refractivity (Wildman–Crippen MR) is 67.8 cm³/mol. The lowest BCUT2D eigenvalue weighted by atomic mass is 9.66. The molecule has 1 heterocycles. The van der Waals surface area contributed by atoms with Gasteiger partial charge in [0.25, 0.3) is 0 Å². The molecule has 1 atom stereocenters. The summed E-state index contributed by atoms with van der Waals surface area (Å²) in [5.74, 6) is 0. The Bertz CT molecular complexity index is 385. The minimum absolute atomic E-state index is 0.488. The molecule has 86 valence electrons. The fourth-order valence-corrected chi connectivity index (χ4v) is 3.79. The van der Waals surface area contributed by atoms with Crippen LogP contribution in [0, 0.1) is 0 Å². The molecule has 1 spiro atoms. The van der Waals surface area contributed by atoms with Crippen LogP contribution in [0.4, 0.5) is 0 Å². The summed E-state index contributed by atoms with van der Waals surface area (Å²) in [5.41, 5.74) is 3.76. The predicted octanol–water partition coefficient (Wildman–Crippen LogP) is 2.99. The normalized spacial score (nSPS) is 30.3. The van der Waals surface area contributed by atoms with Crippen molar-refractivity contribution in [1.82, 2.24) is 4.90 Å². The Kier molecular flexibility index (Phi) is 2.51. The van der Waals surface area contributed by atoms with E-state index in [0.717, 1.165) is 0 Å². The third-order valence-corrected chi connectivity index (χ3v) is 4.46. The van der Waals surface area contributed by atoms with Gasteiger partial charge in [0.2, 0.25) is 0 Å². The molecule has 1 nitrogen and oxygen atoms in total. The summed E-state index contributed by atoms with van der Waals surface area (Å²) in [5, 5.41) is 0. The van der Waals surface area contributed by atoms with Crippen LogP contribution in [0.5, 0.6) is 0 Å². The molecule has 2 aliphatic rings. The first-order valence-corrected chi connectivity index (χ1v) is 6.57. The van der Waals surface area contributed by atoms with Gasteiger partial charge in [-0.05, 0) is 56.8 Å². The average molecular weight is 215 g/mol. The van der Waals surface area contributed by atoms with Crippen LogP contribution in [0.15, 0.2) is 24.3 Å². The van der Waals surface area contributed by atoms with Crippen LogP contribution in [-0.4, -0.2) is 25.0 Å². The minimum atomic E-state index is 0.488. The van der Waals surface area contributed by atoms with Gasteiger partial charge in [-0.2, -0.15) is 0 Å². The number of piperidine rings is 1. The molecular formula is C15H21N. The Balaban J connectivity index is 2.02. The van der Waals surface area contributed by atoms with Crippen molar-refractivity contribution in [1.29, 1.82) is 0 Å².